The number of sulfonamides is 1. The number of thiophene rings is 1. The molecule has 1 atom stereocenters. The summed E-state index contributed by atoms with van der Waals surface area (Å²) in [5, 5.41) is 1.53. The van der Waals surface area contributed by atoms with Gasteiger partial charge in [0.2, 0.25) is 10.0 Å². The van der Waals surface area contributed by atoms with Crippen molar-refractivity contribution in [3.8, 4) is 0 Å². The predicted molar refractivity (Wildman–Crippen MR) is 73.1 cm³/mol. The van der Waals surface area contributed by atoms with Gasteiger partial charge in [0.25, 0.3) is 0 Å². The summed E-state index contributed by atoms with van der Waals surface area (Å²) < 4.78 is 36.7. The summed E-state index contributed by atoms with van der Waals surface area (Å²) in [6, 6.07) is 4.17. The van der Waals surface area contributed by atoms with Crippen LogP contribution in [0.25, 0.3) is 0 Å². The SMILES string of the molecule is COC(=O)c1sccc1S(=O)(=O)N[C@H](C)c1ccco1. The molecule has 2 heterocycles. The summed E-state index contributed by atoms with van der Waals surface area (Å²) in [6.45, 7) is 1.65. The first-order valence-corrected chi connectivity index (χ1v) is 8.03. The molecule has 0 unspecified atom stereocenters. The fourth-order valence-electron chi connectivity index (χ4n) is 1.64. The Morgan fingerprint density at radius 1 is 1.45 bits per heavy atom. The predicted octanol–water partition coefficient (Wildman–Crippen LogP) is 2.17. The number of furan rings is 1. The fourth-order valence-corrected chi connectivity index (χ4v) is 4.19. The molecule has 0 aliphatic rings. The Kier molecular flexibility index (Phi) is 4.26. The molecule has 0 aliphatic carbocycles. The Balaban J connectivity index is 2.27. The monoisotopic (exact) mass is 315 g/mol. The lowest BCUT2D eigenvalue weighted by atomic mass is 10.3. The Labute approximate surface area is 120 Å². The van der Waals surface area contributed by atoms with Gasteiger partial charge >= 0.3 is 5.97 Å². The third-order valence-corrected chi connectivity index (χ3v) is 5.20. The number of ether oxygens (including phenoxy) is 1. The van der Waals surface area contributed by atoms with Gasteiger partial charge in [0.15, 0.2) is 0 Å². The third kappa shape index (κ3) is 2.92. The number of carbonyl (C=O) groups is 1. The zero-order valence-corrected chi connectivity index (χ0v) is 12.5. The lowest BCUT2D eigenvalue weighted by Gasteiger charge is -2.12. The van der Waals surface area contributed by atoms with E-state index in [1.54, 1.807) is 19.1 Å². The molecule has 6 nitrogen and oxygen atoms in total. The summed E-state index contributed by atoms with van der Waals surface area (Å²) in [6.07, 6.45) is 1.46. The molecule has 0 aliphatic heterocycles. The topological polar surface area (TPSA) is 85.6 Å². The molecule has 0 aromatic carbocycles. The van der Waals surface area contributed by atoms with E-state index in [0.717, 1.165) is 11.3 Å². The van der Waals surface area contributed by atoms with E-state index in [-0.39, 0.29) is 9.77 Å². The van der Waals surface area contributed by atoms with Crippen molar-refractivity contribution < 1.29 is 22.4 Å². The molecule has 2 aromatic rings. The average molecular weight is 315 g/mol. The number of methoxy groups -OCH3 is 1. The third-order valence-electron chi connectivity index (χ3n) is 2.59. The molecule has 0 saturated carbocycles. The van der Waals surface area contributed by atoms with Crippen molar-refractivity contribution in [1.82, 2.24) is 4.72 Å². The van der Waals surface area contributed by atoms with Gasteiger partial charge < -0.3 is 9.15 Å². The van der Waals surface area contributed by atoms with Crippen LogP contribution in [0.5, 0.6) is 0 Å². The summed E-state index contributed by atoms with van der Waals surface area (Å²) in [5.41, 5.74) is 0. The Morgan fingerprint density at radius 2 is 2.20 bits per heavy atom. The van der Waals surface area contributed by atoms with Crippen molar-refractivity contribution in [3.05, 3.63) is 40.5 Å². The van der Waals surface area contributed by atoms with E-state index in [4.69, 9.17) is 4.42 Å². The lowest BCUT2D eigenvalue weighted by Crippen LogP contribution is -2.27. The number of nitrogens with one attached hydrogen (secondary N) is 1. The Hall–Kier alpha value is -1.64. The molecule has 0 fully saturated rings. The van der Waals surface area contributed by atoms with Crippen molar-refractivity contribution in [3.63, 3.8) is 0 Å². The van der Waals surface area contributed by atoms with Gasteiger partial charge in [0.1, 0.15) is 15.5 Å². The minimum atomic E-state index is -3.83. The summed E-state index contributed by atoms with van der Waals surface area (Å²) in [4.78, 5) is 11.5. The van der Waals surface area contributed by atoms with E-state index in [1.807, 2.05) is 0 Å². The number of hydrogen-bond donors (Lipinski definition) is 1. The maximum atomic E-state index is 12.3. The van der Waals surface area contributed by atoms with Crippen molar-refractivity contribution in [2.75, 3.05) is 7.11 Å². The van der Waals surface area contributed by atoms with Gasteiger partial charge in [-0.1, -0.05) is 0 Å². The first kappa shape index (κ1) is 14.8. The van der Waals surface area contributed by atoms with Crippen LogP contribution in [0.1, 0.15) is 28.4 Å². The lowest BCUT2D eigenvalue weighted by molar-refractivity contribution is 0.0602. The van der Waals surface area contributed by atoms with E-state index in [0.29, 0.717) is 5.76 Å². The first-order valence-electron chi connectivity index (χ1n) is 5.67. The number of rotatable bonds is 5. The molecule has 20 heavy (non-hydrogen) atoms. The van der Waals surface area contributed by atoms with Crippen molar-refractivity contribution in [2.45, 2.75) is 17.9 Å². The van der Waals surface area contributed by atoms with Crippen LogP contribution in [0.2, 0.25) is 0 Å². The molecular formula is C12H13NO5S2. The standard InChI is InChI=1S/C12H13NO5S2/c1-8(9-4-3-6-18-9)13-20(15,16)10-5-7-19-11(10)12(14)17-2/h3-8,13H,1-2H3/t8-/m1/s1. The highest BCUT2D eigenvalue weighted by molar-refractivity contribution is 7.89. The van der Waals surface area contributed by atoms with Crippen LogP contribution in [0.4, 0.5) is 0 Å². The maximum absolute atomic E-state index is 12.3. The van der Waals surface area contributed by atoms with Gasteiger partial charge in [0.05, 0.1) is 19.4 Å². The van der Waals surface area contributed by atoms with Gasteiger partial charge in [0, 0.05) is 0 Å². The van der Waals surface area contributed by atoms with Crippen molar-refractivity contribution >= 4 is 27.3 Å². The zero-order valence-electron chi connectivity index (χ0n) is 10.8. The zero-order chi connectivity index (χ0) is 14.8. The molecule has 1 N–H and O–H groups in total. The van der Waals surface area contributed by atoms with Crippen molar-refractivity contribution in [1.29, 1.82) is 0 Å². The quantitative estimate of drug-likeness (QED) is 0.855. The van der Waals surface area contributed by atoms with Crippen LogP contribution in [-0.2, 0) is 14.8 Å². The van der Waals surface area contributed by atoms with E-state index < -0.39 is 22.0 Å². The maximum Gasteiger partial charge on any atom is 0.349 e. The Morgan fingerprint density at radius 3 is 2.80 bits per heavy atom. The van der Waals surface area contributed by atoms with E-state index >= 15 is 0 Å². The second kappa shape index (κ2) is 5.78. The van der Waals surface area contributed by atoms with Crippen LogP contribution >= 0.6 is 11.3 Å². The van der Waals surface area contributed by atoms with E-state index in [1.165, 1.54) is 24.8 Å². The molecule has 0 radical (unpaired) electrons. The summed E-state index contributed by atoms with van der Waals surface area (Å²) in [5.74, 6) is -0.186. The second-order valence-corrected chi connectivity index (χ2v) is 6.56. The van der Waals surface area contributed by atoms with Crippen LogP contribution in [-0.4, -0.2) is 21.5 Å². The minimum Gasteiger partial charge on any atom is -0.468 e. The molecule has 2 rings (SSSR count). The number of hydrogen-bond acceptors (Lipinski definition) is 6. The molecule has 0 amide bonds. The van der Waals surface area contributed by atoms with Gasteiger partial charge in [-0.25, -0.2) is 17.9 Å². The van der Waals surface area contributed by atoms with E-state index in [9.17, 15) is 13.2 Å². The highest BCUT2D eigenvalue weighted by Crippen LogP contribution is 2.24. The molecule has 0 saturated heterocycles. The second-order valence-electron chi connectivity index (χ2n) is 3.96. The fraction of sp³-hybridized carbons (Fsp3) is 0.250. The number of carbonyl (C=O) groups excluding carboxylic acids is 1. The molecule has 2 aromatic heterocycles. The van der Waals surface area contributed by atoms with Gasteiger partial charge in [-0.05, 0) is 30.5 Å². The van der Waals surface area contributed by atoms with Crippen molar-refractivity contribution in [2.24, 2.45) is 0 Å². The largest absolute Gasteiger partial charge is 0.468 e. The van der Waals surface area contributed by atoms with Gasteiger partial charge in [-0.15, -0.1) is 11.3 Å². The van der Waals surface area contributed by atoms with E-state index in [2.05, 4.69) is 9.46 Å². The summed E-state index contributed by atoms with van der Waals surface area (Å²) >= 11 is 1.02. The molecule has 0 spiro atoms. The normalized spacial score (nSPS) is 13.1. The van der Waals surface area contributed by atoms with Crippen LogP contribution in [0.3, 0.4) is 0 Å². The Bertz CT molecular complexity index is 687. The highest BCUT2D eigenvalue weighted by Gasteiger charge is 2.26. The molecular weight excluding hydrogens is 302 g/mol. The van der Waals surface area contributed by atoms with Gasteiger partial charge in [-0.3, -0.25) is 0 Å². The highest BCUT2D eigenvalue weighted by atomic mass is 32.2. The first-order chi connectivity index (χ1) is 9.45. The molecule has 8 heteroatoms. The van der Waals surface area contributed by atoms with Gasteiger partial charge in [-0.2, -0.15) is 0 Å². The number of esters is 1. The smallest absolute Gasteiger partial charge is 0.349 e. The van der Waals surface area contributed by atoms with Crippen LogP contribution in [0, 0.1) is 0 Å². The average Bonchev–Trinajstić information content (AvgIpc) is 3.08. The van der Waals surface area contributed by atoms with Crippen LogP contribution < -0.4 is 4.72 Å². The summed E-state index contributed by atoms with van der Waals surface area (Å²) in [7, 11) is -2.62. The minimum absolute atomic E-state index is 0.0478. The van der Waals surface area contributed by atoms with Crippen LogP contribution in [0.15, 0.2) is 39.2 Å². The molecule has 108 valence electrons. The molecule has 0 bridgehead atoms.